The molecule has 2 saturated carbocycles. The van der Waals surface area contributed by atoms with Crippen LogP contribution in [0.3, 0.4) is 0 Å². The maximum atomic E-state index is 11.8. The maximum absolute atomic E-state index is 11.8. The molecule has 2 aromatic heterocycles. The molecule has 10 nitrogen and oxygen atoms in total. The van der Waals surface area contributed by atoms with Crippen molar-refractivity contribution in [1.29, 1.82) is 0 Å². The molecule has 11 heteroatoms. The minimum atomic E-state index is -0.641. The Balaban J connectivity index is 1.36. The molecule has 1 spiro atoms. The van der Waals surface area contributed by atoms with Crippen molar-refractivity contribution < 1.29 is 9.15 Å². The molecule has 206 valence electrons. The summed E-state index contributed by atoms with van der Waals surface area (Å²) < 4.78 is 11.3. The van der Waals surface area contributed by atoms with Gasteiger partial charge in [-0.25, -0.2) is 19.9 Å². The molecular weight excluding hydrogens is 518 g/mol. The molecule has 0 amide bonds. The standard InChI is InChI=1S/C28H34ClN7O3/c1-17-6-8-18(9-7-17)15-35-22-21(19-4-2-5-20(29)14-19)30-24(25-33-34-27(37)39-25)31-23(22)32-26(35)36-12-13-38-16-28(36)10-3-11-28/h2,4-5,14,17-18,26H,3,6-13,15-16H2,1H3,(H,34,37)(H,30,31,32)/t17?,18?,26-/m1/s1. The van der Waals surface area contributed by atoms with Crippen LogP contribution in [-0.2, 0) is 4.74 Å². The van der Waals surface area contributed by atoms with Crippen LogP contribution in [0.5, 0.6) is 0 Å². The molecule has 39 heavy (non-hydrogen) atoms. The fraction of sp³-hybridized carbons (Fsp3) is 0.571. The average molecular weight is 552 g/mol. The summed E-state index contributed by atoms with van der Waals surface area (Å²) >= 11 is 6.45. The molecule has 7 rings (SSSR count). The number of hydrogen-bond donors (Lipinski definition) is 2. The second-order valence-corrected chi connectivity index (χ2v) is 12.1. The number of nitrogens with zero attached hydrogens (tertiary/aromatic N) is 5. The molecule has 3 fully saturated rings. The van der Waals surface area contributed by atoms with Gasteiger partial charge in [-0.1, -0.05) is 43.5 Å². The fourth-order valence-corrected chi connectivity index (χ4v) is 6.97. The molecule has 3 aromatic rings. The molecule has 4 aliphatic rings. The van der Waals surface area contributed by atoms with Crippen LogP contribution in [0, 0.1) is 11.8 Å². The van der Waals surface area contributed by atoms with Crippen LogP contribution in [0.15, 0.2) is 33.5 Å². The topological polar surface area (TPSA) is 112 Å². The smallest absolute Gasteiger partial charge is 0.384 e. The van der Waals surface area contributed by atoms with E-state index in [-0.39, 0.29) is 23.5 Å². The summed E-state index contributed by atoms with van der Waals surface area (Å²) in [6, 6.07) is 7.72. The van der Waals surface area contributed by atoms with Crippen LogP contribution in [0.25, 0.3) is 23.0 Å². The quantitative estimate of drug-likeness (QED) is 0.464. The largest absolute Gasteiger partial charge is 0.434 e. The lowest BCUT2D eigenvalue weighted by Gasteiger charge is -2.56. The summed E-state index contributed by atoms with van der Waals surface area (Å²) in [7, 11) is 0. The van der Waals surface area contributed by atoms with Crippen LogP contribution >= 0.6 is 11.6 Å². The minimum Gasteiger partial charge on any atom is -0.384 e. The Hall–Kier alpha value is -2.95. The van der Waals surface area contributed by atoms with Gasteiger partial charge in [-0.3, -0.25) is 4.90 Å². The Morgan fingerprint density at radius 2 is 2.03 bits per heavy atom. The molecule has 1 atom stereocenters. The summed E-state index contributed by atoms with van der Waals surface area (Å²) in [5.74, 6) is 1.77. The zero-order chi connectivity index (χ0) is 26.6. The number of anilines is 2. The van der Waals surface area contributed by atoms with Gasteiger partial charge in [-0.2, -0.15) is 0 Å². The Morgan fingerprint density at radius 3 is 2.74 bits per heavy atom. The van der Waals surface area contributed by atoms with E-state index < -0.39 is 5.76 Å². The summed E-state index contributed by atoms with van der Waals surface area (Å²) in [5, 5.41) is 10.7. The van der Waals surface area contributed by atoms with E-state index in [1.165, 1.54) is 32.1 Å². The number of aromatic amines is 1. The number of benzene rings is 1. The van der Waals surface area contributed by atoms with Crippen molar-refractivity contribution in [2.45, 2.75) is 63.7 Å². The first kappa shape index (κ1) is 25.0. The number of rotatable bonds is 5. The third-order valence-electron chi connectivity index (χ3n) is 9.09. The van der Waals surface area contributed by atoms with Crippen LogP contribution in [0.1, 0.15) is 51.9 Å². The van der Waals surface area contributed by atoms with Crippen LogP contribution in [0.2, 0.25) is 5.02 Å². The van der Waals surface area contributed by atoms with Gasteiger partial charge in [-0.15, -0.1) is 5.10 Å². The van der Waals surface area contributed by atoms with Crippen molar-refractivity contribution in [2.75, 3.05) is 36.5 Å². The van der Waals surface area contributed by atoms with Crippen LogP contribution in [-0.4, -0.2) is 63.2 Å². The second kappa shape index (κ2) is 9.91. The molecule has 1 aromatic carbocycles. The molecule has 2 N–H and O–H groups in total. The van der Waals surface area contributed by atoms with Gasteiger partial charge in [-0.05, 0) is 56.1 Å². The number of morpholine rings is 1. The van der Waals surface area contributed by atoms with Crippen LogP contribution in [0.4, 0.5) is 11.5 Å². The summed E-state index contributed by atoms with van der Waals surface area (Å²) in [6.07, 6.45) is 8.38. The van der Waals surface area contributed by atoms with Crippen molar-refractivity contribution in [3.8, 4) is 23.0 Å². The van der Waals surface area contributed by atoms with Crippen molar-refractivity contribution in [2.24, 2.45) is 11.8 Å². The number of halogens is 1. The van der Waals surface area contributed by atoms with E-state index in [1.807, 2.05) is 24.3 Å². The highest BCUT2D eigenvalue weighted by molar-refractivity contribution is 6.30. The van der Waals surface area contributed by atoms with E-state index in [0.29, 0.717) is 17.5 Å². The van der Waals surface area contributed by atoms with E-state index in [1.54, 1.807) is 0 Å². The SMILES string of the molecule is CC1CCC(CN2c3c(nc(-c4n[nH]c(=O)o4)nc3-c3cccc(Cl)c3)N[C@H]2N2CCOCC23CCC3)CC1. The molecule has 1 saturated heterocycles. The summed E-state index contributed by atoms with van der Waals surface area (Å²) in [4.78, 5) is 26.7. The first-order valence-corrected chi connectivity index (χ1v) is 14.5. The molecule has 0 radical (unpaired) electrons. The Labute approximate surface area is 232 Å². The number of H-pyrrole nitrogens is 1. The van der Waals surface area contributed by atoms with Gasteiger partial charge < -0.3 is 19.4 Å². The number of fused-ring (bicyclic) bond motifs is 1. The highest BCUT2D eigenvalue weighted by Crippen LogP contribution is 2.48. The third-order valence-corrected chi connectivity index (χ3v) is 9.32. The lowest BCUT2D eigenvalue weighted by Crippen LogP contribution is -2.68. The molecule has 2 aliphatic heterocycles. The first-order chi connectivity index (χ1) is 19.0. The predicted octanol–water partition coefficient (Wildman–Crippen LogP) is 4.74. The predicted molar refractivity (Wildman–Crippen MR) is 149 cm³/mol. The van der Waals surface area contributed by atoms with E-state index in [9.17, 15) is 4.79 Å². The number of ether oxygens (including phenoxy) is 1. The van der Waals surface area contributed by atoms with Crippen molar-refractivity contribution in [1.82, 2.24) is 25.1 Å². The first-order valence-electron chi connectivity index (χ1n) is 14.1. The monoisotopic (exact) mass is 551 g/mol. The normalized spacial score (nSPS) is 26.3. The highest BCUT2D eigenvalue weighted by Gasteiger charge is 2.51. The highest BCUT2D eigenvalue weighted by atomic mass is 35.5. The van der Waals surface area contributed by atoms with Crippen molar-refractivity contribution >= 4 is 23.1 Å². The Kier molecular flexibility index (Phi) is 6.36. The van der Waals surface area contributed by atoms with Crippen molar-refractivity contribution in [3.05, 3.63) is 39.8 Å². The fourth-order valence-electron chi connectivity index (χ4n) is 6.78. The van der Waals surface area contributed by atoms with Gasteiger partial charge in [0.05, 0.1) is 13.2 Å². The van der Waals surface area contributed by atoms with Gasteiger partial charge >= 0.3 is 5.76 Å². The lowest BCUT2D eigenvalue weighted by atomic mass is 9.75. The number of nitrogens with one attached hydrogen (secondary N) is 2. The number of hydrogen-bond acceptors (Lipinski definition) is 9. The van der Waals surface area contributed by atoms with Gasteiger partial charge in [0.1, 0.15) is 11.4 Å². The third kappa shape index (κ3) is 4.52. The molecular formula is C28H34ClN7O3. The van der Waals surface area contributed by atoms with E-state index in [2.05, 4.69) is 32.2 Å². The van der Waals surface area contributed by atoms with E-state index in [0.717, 1.165) is 61.2 Å². The van der Waals surface area contributed by atoms with E-state index >= 15 is 0 Å². The summed E-state index contributed by atoms with van der Waals surface area (Å²) in [6.45, 7) is 5.59. The van der Waals surface area contributed by atoms with E-state index in [4.69, 9.17) is 30.7 Å². The zero-order valence-electron chi connectivity index (χ0n) is 22.2. The van der Waals surface area contributed by atoms with Gasteiger partial charge in [0, 0.05) is 29.2 Å². The van der Waals surface area contributed by atoms with Crippen LogP contribution < -0.4 is 16.0 Å². The maximum Gasteiger partial charge on any atom is 0.434 e. The second-order valence-electron chi connectivity index (χ2n) is 11.6. The van der Waals surface area contributed by atoms with Crippen molar-refractivity contribution in [3.63, 3.8) is 0 Å². The molecule has 0 bridgehead atoms. The minimum absolute atomic E-state index is 0.0404. The Bertz CT molecular complexity index is 1410. The number of aromatic nitrogens is 4. The van der Waals surface area contributed by atoms with Gasteiger partial charge in [0.15, 0.2) is 12.1 Å². The lowest BCUT2D eigenvalue weighted by molar-refractivity contribution is -0.120. The molecule has 2 aliphatic carbocycles. The molecule has 4 heterocycles. The zero-order valence-corrected chi connectivity index (χ0v) is 22.9. The summed E-state index contributed by atoms with van der Waals surface area (Å²) in [5.41, 5.74) is 2.63. The van der Waals surface area contributed by atoms with Gasteiger partial charge in [0.25, 0.3) is 5.89 Å². The average Bonchev–Trinajstić information content (AvgIpc) is 3.52. The molecule has 0 unspecified atom stereocenters. The van der Waals surface area contributed by atoms with Gasteiger partial charge in [0.2, 0.25) is 5.82 Å². The Morgan fingerprint density at radius 1 is 1.18 bits per heavy atom.